The zero-order chi connectivity index (χ0) is 23.1. The van der Waals surface area contributed by atoms with Gasteiger partial charge in [0.1, 0.15) is 24.1 Å². The fourth-order valence-corrected chi connectivity index (χ4v) is 4.10. The van der Waals surface area contributed by atoms with E-state index >= 15 is 0 Å². The molecule has 0 fully saturated rings. The first-order valence-corrected chi connectivity index (χ1v) is 11.5. The van der Waals surface area contributed by atoms with Gasteiger partial charge >= 0.3 is 0 Å². The van der Waals surface area contributed by atoms with Gasteiger partial charge in [-0.05, 0) is 105 Å². The van der Waals surface area contributed by atoms with E-state index in [1.54, 1.807) is 30.3 Å². The first kappa shape index (κ1) is 24.0. The second-order valence-corrected chi connectivity index (χ2v) is 8.99. The molecule has 0 aliphatic carbocycles. The van der Waals surface area contributed by atoms with Crippen LogP contribution in [0, 0.1) is 24.3 Å². The molecule has 3 rings (SSSR count). The van der Waals surface area contributed by atoms with Crippen LogP contribution in [-0.2, 0) is 11.4 Å². The molecule has 0 aliphatic rings. The summed E-state index contributed by atoms with van der Waals surface area (Å²) in [5.74, 6) is 0.175. The average Bonchev–Trinajstić information content (AvgIpc) is 2.77. The third kappa shape index (κ3) is 6.43. The van der Waals surface area contributed by atoms with Gasteiger partial charge in [-0.25, -0.2) is 4.39 Å². The zero-order valence-corrected chi connectivity index (χ0v) is 21.2. The third-order valence-corrected chi connectivity index (χ3v) is 5.78. The molecule has 1 amide bonds. The molecule has 0 aliphatic heterocycles. The van der Waals surface area contributed by atoms with Crippen molar-refractivity contribution in [2.45, 2.75) is 6.61 Å². The summed E-state index contributed by atoms with van der Waals surface area (Å²) in [5, 5.41) is 12.2. The van der Waals surface area contributed by atoms with E-state index in [2.05, 4.69) is 50.5 Å². The van der Waals surface area contributed by atoms with Crippen molar-refractivity contribution in [3.63, 3.8) is 0 Å². The van der Waals surface area contributed by atoms with Gasteiger partial charge in [-0.3, -0.25) is 4.79 Å². The van der Waals surface area contributed by atoms with Crippen LogP contribution < -0.4 is 14.8 Å². The highest BCUT2D eigenvalue weighted by molar-refractivity contribution is 14.1. The molecule has 5 nitrogen and oxygen atoms in total. The number of anilines is 1. The molecule has 0 spiro atoms. The molecule has 1 N–H and O–H groups in total. The van der Waals surface area contributed by atoms with Gasteiger partial charge in [0.2, 0.25) is 0 Å². The normalized spacial score (nSPS) is 10.9. The molecule has 0 saturated heterocycles. The van der Waals surface area contributed by atoms with Crippen LogP contribution in [-0.4, -0.2) is 13.0 Å². The molecule has 0 aromatic heterocycles. The van der Waals surface area contributed by atoms with Crippen LogP contribution in [0.25, 0.3) is 6.08 Å². The van der Waals surface area contributed by atoms with Crippen molar-refractivity contribution in [2.24, 2.45) is 0 Å². The summed E-state index contributed by atoms with van der Waals surface area (Å²) < 4.78 is 26.1. The summed E-state index contributed by atoms with van der Waals surface area (Å²) >= 11 is 4.25. The Morgan fingerprint density at radius 3 is 2.56 bits per heavy atom. The van der Waals surface area contributed by atoms with Crippen molar-refractivity contribution in [1.82, 2.24) is 0 Å². The summed E-state index contributed by atoms with van der Waals surface area (Å²) in [5.41, 5.74) is 2.00. The fraction of sp³-hybridized carbons (Fsp3) is 0.0833. The van der Waals surface area contributed by atoms with Crippen molar-refractivity contribution in [1.29, 1.82) is 5.26 Å². The van der Waals surface area contributed by atoms with Gasteiger partial charge in [-0.2, -0.15) is 5.26 Å². The lowest BCUT2D eigenvalue weighted by Gasteiger charge is -2.14. The van der Waals surface area contributed by atoms with Crippen LogP contribution in [0.2, 0.25) is 0 Å². The minimum absolute atomic E-state index is 0.0401. The lowest BCUT2D eigenvalue weighted by atomic mass is 10.1. The predicted octanol–water partition coefficient (Wildman–Crippen LogP) is 6.17. The zero-order valence-electron chi connectivity index (χ0n) is 16.9. The van der Waals surface area contributed by atoms with Gasteiger partial charge in [-0.15, -0.1) is 0 Å². The van der Waals surface area contributed by atoms with Crippen LogP contribution in [0.3, 0.4) is 0 Å². The average molecular weight is 654 g/mol. The summed E-state index contributed by atoms with van der Waals surface area (Å²) in [7, 11) is 1.51. The standard InChI is InChI=1S/C24H17FI2N2O3/c1-31-22-11-16(9-17(13-28)24(30)29-20-4-2-3-19(26)12-20)10-21(27)23(22)32-14-15-5-7-18(25)8-6-15/h2-12H,14H2,1H3,(H,29,30)/b17-9+. The van der Waals surface area contributed by atoms with Gasteiger partial charge in [0, 0.05) is 9.26 Å². The van der Waals surface area contributed by atoms with Crippen LogP contribution in [0.15, 0.2) is 66.2 Å². The van der Waals surface area contributed by atoms with Crippen LogP contribution >= 0.6 is 45.2 Å². The number of carbonyl (C=O) groups is 1. The Morgan fingerprint density at radius 2 is 1.91 bits per heavy atom. The van der Waals surface area contributed by atoms with E-state index < -0.39 is 5.91 Å². The molecule has 8 heteroatoms. The van der Waals surface area contributed by atoms with Gasteiger partial charge in [0.25, 0.3) is 5.91 Å². The van der Waals surface area contributed by atoms with E-state index in [0.717, 1.165) is 12.7 Å². The van der Waals surface area contributed by atoms with Gasteiger partial charge in [0.15, 0.2) is 11.5 Å². The molecule has 0 unspecified atom stereocenters. The van der Waals surface area contributed by atoms with Crippen molar-refractivity contribution in [3.8, 4) is 17.6 Å². The highest BCUT2D eigenvalue weighted by Gasteiger charge is 2.14. The van der Waals surface area contributed by atoms with Gasteiger partial charge < -0.3 is 14.8 Å². The maximum Gasteiger partial charge on any atom is 0.266 e. The van der Waals surface area contributed by atoms with E-state index in [9.17, 15) is 14.4 Å². The highest BCUT2D eigenvalue weighted by atomic mass is 127. The van der Waals surface area contributed by atoms with E-state index in [1.165, 1.54) is 25.3 Å². The molecule has 0 atom stereocenters. The van der Waals surface area contributed by atoms with E-state index in [0.29, 0.717) is 22.7 Å². The molecule has 0 radical (unpaired) electrons. The Balaban J connectivity index is 1.81. The van der Waals surface area contributed by atoms with E-state index in [-0.39, 0.29) is 18.0 Å². The number of nitrogens with zero attached hydrogens (tertiary/aromatic N) is 1. The Bertz CT molecular complexity index is 1200. The Labute approximate surface area is 212 Å². The van der Waals surface area contributed by atoms with Crippen molar-refractivity contribution in [2.75, 3.05) is 12.4 Å². The maximum atomic E-state index is 13.1. The Kier molecular flexibility index (Phi) is 8.46. The first-order valence-electron chi connectivity index (χ1n) is 9.33. The maximum absolute atomic E-state index is 13.1. The number of hydrogen-bond donors (Lipinski definition) is 1. The van der Waals surface area contributed by atoms with Gasteiger partial charge in [-0.1, -0.05) is 18.2 Å². The summed E-state index contributed by atoms with van der Waals surface area (Å²) in [6.07, 6.45) is 1.50. The number of halogens is 3. The topological polar surface area (TPSA) is 71.3 Å². The summed E-state index contributed by atoms with van der Waals surface area (Å²) in [6.45, 7) is 0.240. The molecule has 3 aromatic rings. The second kappa shape index (κ2) is 11.3. The number of rotatable bonds is 7. The van der Waals surface area contributed by atoms with E-state index in [1.807, 2.05) is 24.3 Å². The van der Waals surface area contributed by atoms with Crippen molar-refractivity contribution < 1.29 is 18.7 Å². The monoisotopic (exact) mass is 654 g/mol. The Hall–Kier alpha value is -2.65. The number of amides is 1. The fourth-order valence-electron chi connectivity index (χ4n) is 2.78. The molecule has 0 heterocycles. The lowest BCUT2D eigenvalue weighted by molar-refractivity contribution is -0.112. The van der Waals surface area contributed by atoms with Crippen LogP contribution in [0.4, 0.5) is 10.1 Å². The largest absolute Gasteiger partial charge is 0.493 e. The minimum atomic E-state index is -0.500. The number of nitrogens with one attached hydrogen (secondary N) is 1. The summed E-state index contributed by atoms with van der Waals surface area (Å²) in [4.78, 5) is 12.6. The first-order chi connectivity index (χ1) is 15.4. The van der Waals surface area contributed by atoms with Crippen molar-refractivity contribution in [3.05, 3.63) is 90.3 Å². The molecular formula is C24H17FI2N2O3. The SMILES string of the molecule is COc1cc(/C=C(\C#N)C(=O)Nc2cccc(I)c2)cc(I)c1OCc1ccc(F)cc1. The highest BCUT2D eigenvalue weighted by Crippen LogP contribution is 2.35. The smallest absolute Gasteiger partial charge is 0.266 e. The van der Waals surface area contributed by atoms with E-state index in [4.69, 9.17) is 9.47 Å². The quantitative estimate of drug-likeness (QED) is 0.188. The number of nitriles is 1. The summed E-state index contributed by atoms with van der Waals surface area (Å²) in [6, 6.07) is 18.8. The molecular weight excluding hydrogens is 637 g/mol. The lowest BCUT2D eigenvalue weighted by Crippen LogP contribution is -2.13. The molecule has 162 valence electrons. The molecule has 0 bridgehead atoms. The number of methoxy groups -OCH3 is 1. The molecule has 32 heavy (non-hydrogen) atoms. The van der Waals surface area contributed by atoms with Crippen molar-refractivity contribution >= 4 is 62.9 Å². The third-order valence-electron chi connectivity index (χ3n) is 4.31. The number of carbonyl (C=O) groups excluding carboxylic acids is 1. The molecule has 3 aromatic carbocycles. The van der Waals surface area contributed by atoms with Gasteiger partial charge in [0.05, 0.1) is 10.7 Å². The molecule has 0 saturated carbocycles. The Morgan fingerprint density at radius 1 is 1.16 bits per heavy atom. The van der Waals surface area contributed by atoms with Crippen LogP contribution in [0.5, 0.6) is 11.5 Å². The second-order valence-electron chi connectivity index (χ2n) is 6.58. The predicted molar refractivity (Wildman–Crippen MR) is 138 cm³/mol. The van der Waals surface area contributed by atoms with Crippen LogP contribution in [0.1, 0.15) is 11.1 Å². The number of benzene rings is 3. The number of hydrogen-bond acceptors (Lipinski definition) is 4. The minimum Gasteiger partial charge on any atom is -0.493 e. The number of ether oxygens (including phenoxy) is 2.